The number of halogens is 3. The minimum absolute atomic E-state index is 0.130. The van der Waals surface area contributed by atoms with Crippen molar-refractivity contribution in [2.45, 2.75) is 26.9 Å². The number of anilines is 2. The largest absolute Gasteiger partial charge is 0.432 e. The average molecular weight is 274 g/mol. The second-order valence-corrected chi connectivity index (χ2v) is 5.56. The van der Waals surface area contributed by atoms with Crippen LogP contribution in [-0.2, 0) is 0 Å². The number of hydrogen-bond donors (Lipinski definition) is 1. The quantitative estimate of drug-likeness (QED) is 0.860. The second kappa shape index (κ2) is 4.83. The summed E-state index contributed by atoms with van der Waals surface area (Å²) in [6.45, 7) is 2.68. The number of rotatable bonds is 3. The monoisotopic (exact) mass is 274 g/mol. The highest BCUT2D eigenvalue weighted by Crippen LogP contribution is 2.38. The van der Waals surface area contributed by atoms with Crippen molar-refractivity contribution in [2.24, 2.45) is 5.41 Å². The standard InChI is InChI=1S/C13H17F3N2O/c1-13(2)3-4-18(7-13)10-6-11(19-12(15)16)8(14)5-9(10)17/h5-6,12H,3-4,7,17H2,1-2H3. The summed E-state index contributed by atoms with van der Waals surface area (Å²) in [4.78, 5) is 1.97. The van der Waals surface area contributed by atoms with E-state index >= 15 is 0 Å². The molecule has 0 spiro atoms. The van der Waals surface area contributed by atoms with Gasteiger partial charge in [-0.05, 0) is 11.8 Å². The molecule has 1 fully saturated rings. The van der Waals surface area contributed by atoms with Gasteiger partial charge in [0.05, 0.1) is 11.4 Å². The van der Waals surface area contributed by atoms with Crippen LogP contribution in [0, 0.1) is 11.2 Å². The number of ether oxygens (including phenoxy) is 1. The molecule has 2 rings (SSSR count). The van der Waals surface area contributed by atoms with Crippen LogP contribution in [0.4, 0.5) is 24.5 Å². The molecule has 6 heteroatoms. The van der Waals surface area contributed by atoms with E-state index in [0.717, 1.165) is 25.6 Å². The molecule has 0 radical (unpaired) electrons. The molecule has 1 aromatic rings. The first-order valence-corrected chi connectivity index (χ1v) is 6.07. The maximum Gasteiger partial charge on any atom is 0.387 e. The van der Waals surface area contributed by atoms with Gasteiger partial charge in [-0.25, -0.2) is 4.39 Å². The van der Waals surface area contributed by atoms with E-state index in [1.165, 1.54) is 6.07 Å². The van der Waals surface area contributed by atoms with Crippen molar-refractivity contribution in [1.82, 2.24) is 0 Å². The molecule has 3 nitrogen and oxygen atoms in total. The van der Waals surface area contributed by atoms with Crippen LogP contribution in [-0.4, -0.2) is 19.7 Å². The van der Waals surface area contributed by atoms with Gasteiger partial charge in [0, 0.05) is 25.2 Å². The summed E-state index contributed by atoms with van der Waals surface area (Å²) in [5, 5.41) is 0. The summed E-state index contributed by atoms with van der Waals surface area (Å²) in [6.07, 6.45) is 0.967. The molecule has 0 bridgehead atoms. The highest BCUT2D eigenvalue weighted by atomic mass is 19.3. The number of benzene rings is 1. The Hall–Kier alpha value is -1.59. The van der Waals surface area contributed by atoms with E-state index in [1.54, 1.807) is 0 Å². The van der Waals surface area contributed by atoms with Crippen molar-refractivity contribution in [2.75, 3.05) is 23.7 Å². The second-order valence-electron chi connectivity index (χ2n) is 5.56. The summed E-state index contributed by atoms with van der Waals surface area (Å²) in [5.74, 6) is -1.34. The summed E-state index contributed by atoms with van der Waals surface area (Å²) in [5.41, 5.74) is 6.67. The molecule has 0 amide bonds. The Kier molecular flexibility index (Phi) is 3.52. The van der Waals surface area contributed by atoms with Crippen LogP contribution in [0.2, 0.25) is 0 Å². The maximum atomic E-state index is 13.5. The topological polar surface area (TPSA) is 38.5 Å². The third-order valence-electron chi connectivity index (χ3n) is 3.32. The Morgan fingerprint density at radius 1 is 1.37 bits per heavy atom. The smallest absolute Gasteiger partial charge is 0.387 e. The Morgan fingerprint density at radius 2 is 2.05 bits per heavy atom. The van der Waals surface area contributed by atoms with Crippen LogP contribution >= 0.6 is 0 Å². The normalized spacial score (nSPS) is 18.1. The highest BCUT2D eigenvalue weighted by molar-refractivity contribution is 5.70. The van der Waals surface area contributed by atoms with Gasteiger partial charge in [-0.15, -0.1) is 0 Å². The van der Waals surface area contributed by atoms with Gasteiger partial charge < -0.3 is 15.4 Å². The lowest BCUT2D eigenvalue weighted by Gasteiger charge is -2.23. The first-order chi connectivity index (χ1) is 8.78. The van der Waals surface area contributed by atoms with Gasteiger partial charge in [0.15, 0.2) is 11.6 Å². The van der Waals surface area contributed by atoms with Gasteiger partial charge in [0.25, 0.3) is 0 Å². The lowest BCUT2D eigenvalue weighted by Crippen LogP contribution is -2.23. The number of hydrogen-bond acceptors (Lipinski definition) is 3. The first-order valence-electron chi connectivity index (χ1n) is 6.07. The highest BCUT2D eigenvalue weighted by Gasteiger charge is 2.30. The minimum atomic E-state index is -3.05. The molecule has 2 N–H and O–H groups in total. The molecule has 0 atom stereocenters. The molecule has 1 saturated heterocycles. The molecular weight excluding hydrogens is 257 g/mol. The van der Waals surface area contributed by atoms with Gasteiger partial charge in [-0.1, -0.05) is 13.8 Å². The molecule has 0 saturated carbocycles. The molecule has 0 aromatic heterocycles. The van der Waals surface area contributed by atoms with Crippen LogP contribution < -0.4 is 15.4 Å². The van der Waals surface area contributed by atoms with Gasteiger partial charge >= 0.3 is 6.61 Å². The molecule has 1 aromatic carbocycles. The zero-order chi connectivity index (χ0) is 14.2. The average Bonchev–Trinajstić information content (AvgIpc) is 2.62. The molecule has 0 aliphatic carbocycles. The SMILES string of the molecule is CC1(C)CCN(c2cc(OC(F)F)c(F)cc2N)C1. The zero-order valence-corrected chi connectivity index (χ0v) is 10.9. The van der Waals surface area contributed by atoms with E-state index < -0.39 is 18.2 Å². The van der Waals surface area contributed by atoms with Crippen molar-refractivity contribution < 1.29 is 17.9 Å². The van der Waals surface area contributed by atoms with Crippen LogP contribution in [0.15, 0.2) is 12.1 Å². The number of nitrogens with zero attached hydrogens (tertiary/aromatic N) is 1. The third kappa shape index (κ3) is 3.05. The van der Waals surface area contributed by atoms with Crippen molar-refractivity contribution in [3.63, 3.8) is 0 Å². The van der Waals surface area contributed by atoms with Crippen molar-refractivity contribution in [1.29, 1.82) is 0 Å². The molecule has 1 aliphatic heterocycles. The lowest BCUT2D eigenvalue weighted by molar-refractivity contribution is -0.0521. The van der Waals surface area contributed by atoms with Gasteiger partial charge in [-0.2, -0.15) is 8.78 Å². The summed E-state index contributed by atoms with van der Waals surface area (Å²) in [7, 11) is 0. The van der Waals surface area contributed by atoms with Crippen molar-refractivity contribution >= 4 is 11.4 Å². The predicted octanol–water partition coefficient (Wildman–Crippen LogP) is 3.25. The van der Waals surface area contributed by atoms with E-state index in [2.05, 4.69) is 18.6 Å². The third-order valence-corrected chi connectivity index (χ3v) is 3.32. The number of nitrogens with two attached hydrogens (primary N) is 1. The molecule has 0 unspecified atom stereocenters. The van der Waals surface area contributed by atoms with Gasteiger partial charge in [0.1, 0.15) is 0 Å². The maximum absolute atomic E-state index is 13.5. The molecule has 1 heterocycles. The lowest BCUT2D eigenvalue weighted by atomic mass is 9.93. The molecule has 19 heavy (non-hydrogen) atoms. The molecule has 106 valence electrons. The Morgan fingerprint density at radius 3 is 2.58 bits per heavy atom. The van der Waals surface area contributed by atoms with Gasteiger partial charge in [0.2, 0.25) is 0 Å². The Bertz CT molecular complexity index is 477. The van der Waals surface area contributed by atoms with Crippen LogP contribution in [0.3, 0.4) is 0 Å². The zero-order valence-electron chi connectivity index (χ0n) is 10.9. The molecule has 1 aliphatic rings. The van der Waals surface area contributed by atoms with Crippen LogP contribution in [0.5, 0.6) is 5.75 Å². The van der Waals surface area contributed by atoms with E-state index in [4.69, 9.17) is 5.73 Å². The van der Waals surface area contributed by atoms with E-state index in [0.29, 0.717) is 5.69 Å². The summed E-state index contributed by atoms with van der Waals surface area (Å²) >= 11 is 0. The summed E-state index contributed by atoms with van der Waals surface area (Å²) < 4.78 is 42.0. The fourth-order valence-corrected chi connectivity index (χ4v) is 2.34. The molecular formula is C13H17F3N2O. The predicted molar refractivity (Wildman–Crippen MR) is 68.1 cm³/mol. The van der Waals surface area contributed by atoms with Crippen LogP contribution in [0.25, 0.3) is 0 Å². The Labute approximate surface area is 110 Å². The van der Waals surface area contributed by atoms with E-state index in [1.807, 2.05) is 4.90 Å². The van der Waals surface area contributed by atoms with E-state index in [-0.39, 0.29) is 11.1 Å². The van der Waals surface area contributed by atoms with Gasteiger partial charge in [-0.3, -0.25) is 0 Å². The fourth-order valence-electron chi connectivity index (χ4n) is 2.34. The Balaban J connectivity index is 2.30. The summed E-state index contributed by atoms with van der Waals surface area (Å²) in [6, 6.07) is 2.27. The van der Waals surface area contributed by atoms with Crippen LogP contribution in [0.1, 0.15) is 20.3 Å². The number of nitrogen functional groups attached to an aromatic ring is 1. The van der Waals surface area contributed by atoms with Crippen molar-refractivity contribution in [3.05, 3.63) is 17.9 Å². The fraction of sp³-hybridized carbons (Fsp3) is 0.538. The van der Waals surface area contributed by atoms with Crippen molar-refractivity contribution in [3.8, 4) is 5.75 Å². The first kappa shape index (κ1) is 13.8. The number of alkyl halides is 2. The minimum Gasteiger partial charge on any atom is -0.432 e. The van der Waals surface area contributed by atoms with E-state index in [9.17, 15) is 13.2 Å².